The zero-order valence-electron chi connectivity index (χ0n) is 14.6. The fraction of sp³-hybridized carbons (Fsp3) is 0.529. The average molecular weight is 389 g/mol. The van der Waals surface area contributed by atoms with Gasteiger partial charge in [0.1, 0.15) is 0 Å². The maximum Gasteiger partial charge on any atom is 0.416 e. The number of aromatic nitrogens is 2. The molecule has 2 N–H and O–H groups in total. The SMILES string of the molecule is CCCCn1c(SCC(=O)NC(C)CO)nc2cc(C(F)(F)F)ccc21. The zero-order chi connectivity index (χ0) is 19.3. The summed E-state index contributed by atoms with van der Waals surface area (Å²) in [6, 6.07) is 3.17. The van der Waals surface area contributed by atoms with E-state index in [4.69, 9.17) is 5.11 Å². The van der Waals surface area contributed by atoms with Gasteiger partial charge >= 0.3 is 6.18 Å². The van der Waals surface area contributed by atoms with Crippen molar-refractivity contribution in [2.45, 2.75) is 50.6 Å². The van der Waals surface area contributed by atoms with Crippen LogP contribution in [0.2, 0.25) is 0 Å². The van der Waals surface area contributed by atoms with Crippen LogP contribution in [0.15, 0.2) is 23.4 Å². The third kappa shape index (κ3) is 5.14. The van der Waals surface area contributed by atoms with E-state index >= 15 is 0 Å². The first-order valence-corrected chi connectivity index (χ1v) is 9.35. The minimum absolute atomic E-state index is 0.0753. The average Bonchev–Trinajstić information content (AvgIpc) is 2.93. The predicted molar refractivity (Wildman–Crippen MR) is 95.1 cm³/mol. The second kappa shape index (κ2) is 8.77. The van der Waals surface area contributed by atoms with Crippen LogP contribution < -0.4 is 5.32 Å². The molecule has 0 fully saturated rings. The number of aliphatic hydroxyl groups is 1. The van der Waals surface area contributed by atoms with Gasteiger partial charge in [0, 0.05) is 12.6 Å². The minimum Gasteiger partial charge on any atom is -0.394 e. The van der Waals surface area contributed by atoms with Crippen molar-refractivity contribution in [1.29, 1.82) is 0 Å². The maximum absolute atomic E-state index is 12.9. The number of fused-ring (bicyclic) bond motifs is 1. The van der Waals surface area contributed by atoms with Crippen molar-refractivity contribution >= 4 is 28.7 Å². The number of imidazole rings is 1. The molecule has 9 heteroatoms. The second-order valence-corrected chi connectivity index (χ2v) is 6.98. The van der Waals surface area contributed by atoms with Crippen molar-refractivity contribution in [3.63, 3.8) is 0 Å². The van der Waals surface area contributed by atoms with Crippen molar-refractivity contribution in [1.82, 2.24) is 14.9 Å². The Morgan fingerprint density at radius 2 is 2.15 bits per heavy atom. The van der Waals surface area contributed by atoms with Crippen molar-refractivity contribution in [2.24, 2.45) is 0 Å². The quantitative estimate of drug-likeness (QED) is 0.679. The van der Waals surface area contributed by atoms with Crippen LogP contribution in [0.3, 0.4) is 0 Å². The Labute approximate surface area is 154 Å². The molecular weight excluding hydrogens is 367 g/mol. The first-order valence-electron chi connectivity index (χ1n) is 8.36. The molecule has 1 heterocycles. The Kier molecular flexibility index (Phi) is 6.94. The number of rotatable bonds is 8. The molecule has 0 saturated heterocycles. The summed E-state index contributed by atoms with van der Waals surface area (Å²) in [5, 5.41) is 12.1. The largest absolute Gasteiger partial charge is 0.416 e. The van der Waals surface area contributed by atoms with E-state index in [1.54, 1.807) is 6.92 Å². The van der Waals surface area contributed by atoms with E-state index in [2.05, 4.69) is 10.3 Å². The molecule has 144 valence electrons. The lowest BCUT2D eigenvalue weighted by Crippen LogP contribution is -2.36. The number of nitrogens with one attached hydrogen (secondary N) is 1. The Bertz CT molecular complexity index is 762. The van der Waals surface area contributed by atoms with Crippen LogP contribution >= 0.6 is 11.8 Å². The summed E-state index contributed by atoms with van der Waals surface area (Å²) < 4.78 is 40.6. The fourth-order valence-corrected chi connectivity index (χ4v) is 3.27. The summed E-state index contributed by atoms with van der Waals surface area (Å²) in [7, 11) is 0. The van der Waals surface area contributed by atoms with Gasteiger partial charge in [0.15, 0.2) is 5.16 Å². The molecule has 0 spiro atoms. The van der Waals surface area contributed by atoms with E-state index in [0.29, 0.717) is 17.2 Å². The van der Waals surface area contributed by atoms with Crippen LogP contribution in [0, 0.1) is 0 Å². The second-order valence-electron chi connectivity index (χ2n) is 6.04. The van der Waals surface area contributed by atoms with Gasteiger partial charge in [-0.05, 0) is 31.5 Å². The van der Waals surface area contributed by atoms with Gasteiger partial charge in [0.05, 0.1) is 29.0 Å². The number of nitrogens with zero attached hydrogens (tertiary/aromatic N) is 2. The molecule has 0 radical (unpaired) electrons. The lowest BCUT2D eigenvalue weighted by molar-refractivity contribution is -0.137. The van der Waals surface area contributed by atoms with E-state index in [9.17, 15) is 18.0 Å². The number of alkyl halides is 3. The molecule has 1 aromatic heterocycles. The van der Waals surface area contributed by atoms with Crippen LogP contribution in [-0.4, -0.2) is 39.0 Å². The van der Waals surface area contributed by atoms with Gasteiger partial charge in [0.2, 0.25) is 5.91 Å². The number of amides is 1. The van der Waals surface area contributed by atoms with Crippen LogP contribution in [-0.2, 0) is 17.5 Å². The highest BCUT2D eigenvalue weighted by Gasteiger charge is 2.31. The molecule has 1 aromatic carbocycles. The third-order valence-electron chi connectivity index (χ3n) is 3.79. The van der Waals surface area contributed by atoms with Gasteiger partial charge < -0.3 is 15.0 Å². The van der Waals surface area contributed by atoms with Gasteiger partial charge in [-0.25, -0.2) is 4.98 Å². The van der Waals surface area contributed by atoms with E-state index in [0.717, 1.165) is 25.0 Å². The van der Waals surface area contributed by atoms with Crippen LogP contribution in [0.5, 0.6) is 0 Å². The summed E-state index contributed by atoms with van der Waals surface area (Å²) >= 11 is 1.17. The Hall–Kier alpha value is -1.74. The van der Waals surface area contributed by atoms with Crippen LogP contribution in [0.4, 0.5) is 13.2 Å². The van der Waals surface area contributed by atoms with Crippen LogP contribution in [0.25, 0.3) is 11.0 Å². The van der Waals surface area contributed by atoms with Crippen molar-refractivity contribution in [3.8, 4) is 0 Å². The normalized spacial score (nSPS) is 13.2. The lowest BCUT2D eigenvalue weighted by Gasteiger charge is -2.11. The predicted octanol–water partition coefficient (Wildman–Crippen LogP) is 3.44. The maximum atomic E-state index is 12.9. The number of carbonyl (C=O) groups is 1. The van der Waals surface area contributed by atoms with Gasteiger partial charge in [-0.2, -0.15) is 13.2 Å². The molecule has 0 aliphatic rings. The number of aliphatic hydroxyl groups excluding tert-OH is 1. The van der Waals surface area contributed by atoms with E-state index < -0.39 is 11.7 Å². The highest BCUT2D eigenvalue weighted by molar-refractivity contribution is 7.99. The molecule has 5 nitrogen and oxygen atoms in total. The molecule has 2 aromatic rings. The Morgan fingerprint density at radius 1 is 1.42 bits per heavy atom. The van der Waals surface area contributed by atoms with Gasteiger partial charge in [-0.15, -0.1) is 0 Å². The summed E-state index contributed by atoms with van der Waals surface area (Å²) in [6.07, 6.45) is -2.64. The number of hydrogen-bond acceptors (Lipinski definition) is 4. The van der Waals surface area contributed by atoms with E-state index in [-0.39, 0.29) is 29.8 Å². The molecule has 1 unspecified atom stereocenters. The zero-order valence-corrected chi connectivity index (χ0v) is 15.5. The topological polar surface area (TPSA) is 67.2 Å². The van der Waals surface area contributed by atoms with E-state index in [1.165, 1.54) is 17.8 Å². The number of benzene rings is 1. The smallest absolute Gasteiger partial charge is 0.394 e. The van der Waals surface area contributed by atoms with Gasteiger partial charge in [-0.3, -0.25) is 4.79 Å². The number of hydrogen-bond donors (Lipinski definition) is 2. The van der Waals surface area contributed by atoms with Crippen molar-refractivity contribution < 1.29 is 23.1 Å². The highest BCUT2D eigenvalue weighted by Crippen LogP contribution is 2.33. The lowest BCUT2D eigenvalue weighted by atomic mass is 10.2. The first kappa shape index (κ1) is 20.6. The standard InChI is InChI=1S/C17H22F3N3O2S/c1-3-4-7-23-14-6-5-12(17(18,19)20)8-13(14)22-16(23)26-10-15(25)21-11(2)9-24/h5-6,8,11,24H,3-4,7,9-10H2,1-2H3,(H,21,25). The summed E-state index contributed by atoms with van der Waals surface area (Å²) in [4.78, 5) is 16.2. The fourth-order valence-electron chi connectivity index (χ4n) is 2.42. The molecule has 0 aliphatic heterocycles. The molecule has 2 rings (SSSR count). The number of aryl methyl sites for hydroxylation is 1. The summed E-state index contributed by atoms with van der Waals surface area (Å²) in [5.74, 6) is -0.187. The molecule has 1 atom stereocenters. The molecule has 1 amide bonds. The molecule has 0 aliphatic carbocycles. The number of carbonyl (C=O) groups excluding carboxylic acids is 1. The minimum atomic E-state index is -4.42. The highest BCUT2D eigenvalue weighted by atomic mass is 32.2. The number of thioether (sulfide) groups is 1. The summed E-state index contributed by atoms with van der Waals surface area (Å²) in [5.41, 5.74) is 0.150. The summed E-state index contributed by atoms with van der Waals surface area (Å²) in [6.45, 7) is 4.16. The molecule has 0 saturated carbocycles. The van der Waals surface area contributed by atoms with Crippen molar-refractivity contribution in [2.75, 3.05) is 12.4 Å². The monoisotopic (exact) mass is 389 g/mol. The molecule has 0 bridgehead atoms. The van der Waals surface area contributed by atoms with Gasteiger partial charge in [0.25, 0.3) is 0 Å². The van der Waals surface area contributed by atoms with Crippen molar-refractivity contribution in [3.05, 3.63) is 23.8 Å². The van der Waals surface area contributed by atoms with Crippen LogP contribution in [0.1, 0.15) is 32.3 Å². The van der Waals surface area contributed by atoms with Gasteiger partial charge in [-0.1, -0.05) is 25.1 Å². The molecular formula is C17H22F3N3O2S. The number of unbranched alkanes of at least 4 members (excludes halogenated alkanes) is 1. The Balaban J connectivity index is 2.26. The number of halogens is 3. The van der Waals surface area contributed by atoms with E-state index in [1.807, 2.05) is 11.5 Å². The molecule has 26 heavy (non-hydrogen) atoms. The third-order valence-corrected chi connectivity index (χ3v) is 4.77. The first-order chi connectivity index (χ1) is 12.3. The Morgan fingerprint density at radius 3 is 2.77 bits per heavy atom.